The van der Waals surface area contributed by atoms with Gasteiger partial charge in [0.15, 0.2) is 0 Å². The Labute approximate surface area is 157 Å². The lowest BCUT2D eigenvalue weighted by Crippen LogP contribution is -2.41. The molecule has 0 aliphatic carbocycles. The maximum absolute atomic E-state index is 14.7. The van der Waals surface area contributed by atoms with Crippen molar-refractivity contribution in [1.82, 2.24) is 4.90 Å². The number of hydrogen-bond acceptors (Lipinski definition) is 3. The van der Waals surface area contributed by atoms with Gasteiger partial charge in [0.1, 0.15) is 17.4 Å². The van der Waals surface area contributed by atoms with Crippen molar-refractivity contribution in [3.8, 4) is 5.75 Å². The van der Waals surface area contributed by atoms with E-state index in [1.54, 1.807) is 0 Å². The number of carboxylic acids is 1. The van der Waals surface area contributed by atoms with Crippen molar-refractivity contribution in [1.29, 1.82) is 0 Å². The summed E-state index contributed by atoms with van der Waals surface area (Å²) in [6, 6.07) is 10.3. The van der Waals surface area contributed by atoms with E-state index in [2.05, 4.69) is 0 Å². The Hall–Kier alpha value is -2.47. The maximum atomic E-state index is 14.7. The van der Waals surface area contributed by atoms with Crippen molar-refractivity contribution < 1.29 is 23.4 Å². The number of rotatable bonds is 6. The molecule has 4 nitrogen and oxygen atoms in total. The smallest absolute Gasteiger partial charge is 0.307 e. The van der Waals surface area contributed by atoms with Gasteiger partial charge in [-0.1, -0.05) is 24.3 Å². The van der Waals surface area contributed by atoms with Crippen LogP contribution in [0.3, 0.4) is 0 Å². The second-order valence-corrected chi connectivity index (χ2v) is 6.71. The second kappa shape index (κ2) is 8.48. The lowest BCUT2D eigenvalue weighted by atomic mass is 9.90. The van der Waals surface area contributed by atoms with Gasteiger partial charge in [-0.2, -0.15) is 0 Å². The summed E-state index contributed by atoms with van der Waals surface area (Å²) >= 11 is 0. The van der Waals surface area contributed by atoms with Crippen LogP contribution in [0.4, 0.5) is 8.78 Å². The first-order valence-corrected chi connectivity index (χ1v) is 9.14. The first-order chi connectivity index (χ1) is 13.0. The molecule has 27 heavy (non-hydrogen) atoms. The molecule has 2 unspecified atom stereocenters. The molecule has 1 fully saturated rings. The molecule has 2 aromatic rings. The van der Waals surface area contributed by atoms with Crippen molar-refractivity contribution in [2.75, 3.05) is 19.7 Å². The van der Waals surface area contributed by atoms with Gasteiger partial charge in [0.05, 0.1) is 18.6 Å². The molecule has 0 bridgehead atoms. The van der Waals surface area contributed by atoms with E-state index in [0.29, 0.717) is 43.9 Å². The molecular formula is C21H23F2NO3. The molecule has 1 aliphatic rings. The molecule has 0 aromatic heterocycles. The van der Waals surface area contributed by atoms with Gasteiger partial charge in [0.25, 0.3) is 0 Å². The van der Waals surface area contributed by atoms with Crippen LogP contribution in [-0.2, 0) is 4.79 Å². The number of ether oxygens (including phenoxy) is 1. The third-order valence-electron chi connectivity index (χ3n) is 4.94. The van der Waals surface area contributed by atoms with E-state index in [-0.39, 0.29) is 0 Å². The maximum Gasteiger partial charge on any atom is 0.307 e. The fourth-order valence-electron chi connectivity index (χ4n) is 3.72. The van der Waals surface area contributed by atoms with E-state index < -0.39 is 29.6 Å². The average molecular weight is 375 g/mol. The van der Waals surface area contributed by atoms with Crippen LogP contribution < -0.4 is 4.74 Å². The van der Waals surface area contributed by atoms with E-state index in [4.69, 9.17) is 4.74 Å². The predicted molar refractivity (Wildman–Crippen MR) is 97.7 cm³/mol. The zero-order valence-corrected chi connectivity index (χ0v) is 15.2. The Bertz CT molecular complexity index is 812. The number of carboxylic acid groups (broad SMARTS) is 1. The number of benzene rings is 2. The summed E-state index contributed by atoms with van der Waals surface area (Å²) < 4.78 is 33.9. The number of para-hydroxylation sites is 1. The molecule has 0 amide bonds. The van der Waals surface area contributed by atoms with Crippen molar-refractivity contribution in [2.45, 2.75) is 25.8 Å². The molecule has 1 N–H and O–H groups in total. The molecular weight excluding hydrogens is 352 g/mol. The molecule has 1 aliphatic heterocycles. The summed E-state index contributed by atoms with van der Waals surface area (Å²) in [4.78, 5) is 13.5. The van der Waals surface area contributed by atoms with Gasteiger partial charge in [-0.25, -0.2) is 8.78 Å². The van der Waals surface area contributed by atoms with Crippen molar-refractivity contribution in [3.63, 3.8) is 0 Å². The minimum atomic E-state index is -0.851. The summed E-state index contributed by atoms with van der Waals surface area (Å²) in [6.07, 6.45) is 1.30. The molecule has 2 aromatic carbocycles. The van der Waals surface area contributed by atoms with E-state index in [0.717, 1.165) is 11.6 Å². The average Bonchev–Trinajstić information content (AvgIpc) is 2.65. The van der Waals surface area contributed by atoms with Gasteiger partial charge < -0.3 is 9.84 Å². The minimum Gasteiger partial charge on any atom is -0.494 e. The standard InChI is InChI=1S/C21H23F2NO3/c1-2-27-19-8-4-3-7-17(19)20(16-10-9-15(22)12-18(16)23)24-11-5-6-14(13-24)21(25)26/h3-4,7-10,12,14,20H,2,5-6,11,13H2,1H3,(H,25,26). The van der Waals surface area contributed by atoms with Crippen LogP contribution in [0.5, 0.6) is 5.75 Å². The summed E-state index contributed by atoms with van der Waals surface area (Å²) in [5.74, 6) is -2.04. The molecule has 144 valence electrons. The van der Waals surface area contributed by atoms with Crippen molar-refractivity contribution in [2.24, 2.45) is 5.92 Å². The van der Waals surface area contributed by atoms with Crippen molar-refractivity contribution in [3.05, 3.63) is 65.2 Å². The molecule has 0 radical (unpaired) electrons. The van der Waals surface area contributed by atoms with Crippen molar-refractivity contribution >= 4 is 5.97 Å². The Morgan fingerprint density at radius 1 is 1.26 bits per heavy atom. The number of nitrogens with zero attached hydrogens (tertiary/aromatic N) is 1. The molecule has 0 saturated carbocycles. The Kier molecular flexibility index (Phi) is 6.06. The van der Waals surface area contributed by atoms with E-state index >= 15 is 0 Å². The SMILES string of the molecule is CCOc1ccccc1C(c1ccc(F)cc1F)N1CCCC(C(=O)O)C1. The van der Waals surface area contributed by atoms with Gasteiger partial charge in [-0.05, 0) is 38.4 Å². The van der Waals surface area contributed by atoms with Gasteiger partial charge in [-0.15, -0.1) is 0 Å². The fraction of sp³-hybridized carbons (Fsp3) is 0.381. The molecule has 1 saturated heterocycles. The molecule has 1 heterocycles. The number of aliphatic carboxylic acids is 1. The third kappa shape index (κ3) is 4.27. The summed E-state index contributed by atoms with van der Waals surface area (Å²) in [5.41, 5.74) is 1.06. The fourth-order valence-corrected chi connectivity index (χ4v) is 3.72. The second-order valence-electron chi connectivity index (χ2n) is 6.71. The van der Waals surface area contributed by atoms with Crippen LogP contribution in [-0.4, -0.2) is 35.7 Å². The highest BCUT2D eigenvalue weighted by Gasteiger charge is 2.33. The van der Waals surface area contributed by atoms with E-state index in [1.165, 1.54) is 12.1 Å². The van der Waals surface area contributed by atoms with Crippen LogP contribution in [0.1, 0.15) is 36.9 Å². The predicted octanol–water partition coefficient (Wildman–Crippen LogP) is 4.25. The summed E-state index contributed by atoms with van der Waals surface area (Å²) in [5, 5.41) is 9.43. The zero-order chi connectivity index (χ0) is 19.4. The first-order valence-electron chi connectivity index (χ1n) is 9.14. The van der Waals surface area contributed by atoms with Crippen LogP contribution in [0.15, 0.2) is 42.5 Å². The lowest BCUT2D eigenvalue weighted by molar-refractivity contribution is -0.143. The largest absolute Gasteiger partial charge is 0.494 e. The first kappa shape index (κ1) is 19.3. The van der Waals surface area contributed by atoms with Gasteiger partial charge in [-0.3, -0.25) is 9.69 Å². The molecule has 6 heteroatoms. The van der Waals surface area contributed by atoms with E-state index in [9.17, 15) is 18.7 Å². The summed E-state index contributed by atoms with van der Waals surface area (Å²) in [7, 11) is 0. The Balaban J connectivity index is 2.08. The molecule has 3 rings (SSSR count). The monoisotopic (exact) mass is 375 g/mol. The minimum absolute atomic E-state index is 0.303. The number of piperidine rings is 1. The highest BCUT2D eigenvalue weighted by atomic mass is 19.1. The van der Waals surface area contributed by atoms with Crippen LogP contribution in [0.25, 0.3) is 0 Å². The quantitative estimate of drug-likeness (QED) is 0.820. The van der Waals surface area contributed by atoms with Gasteiger partial charge in [0.2, 0.25) is 0 Å². The third-order valence-corrected chi connectivity index (χ3v) is 4.94. The normalized spacial score (nSPS) is 18.9. The van der Waals surface area contributed by atoms with Crippen LogP contribution in [0, 0.1) is 17.6 Å². The summed E-state index contributed by atoms with van der Waals surface area (Å²) in [6.45, 7) is 3.25. The number of halogens is 2. The number of carbonyl (C=O) groups is 1. The highest BCUT2D eigenvalue weighted by molar-refractivity contribution is 5.70. The topological polar surface area (TPSA) is 49.8 Å². The van der Waals surface area contributed by atoms with E-state index in [1.807, 2.05) is 36.1 Å². The lowest BCUT2D eigenvalue weighted by Gasteiger charge is -2.38. The van der Waals surface area contributed by atoms with Gasteiger partial charge in [0, 0.05) is 23.7 Å². The number of hydrogen-bond donors (Lipinski definition) is 1. The molecule has 2 atom stereocenters. The Morgan fingerprint density at radius 3 is 2.74 bits per heavy atom. The van der Waals surface area contributed by atoms with Gasteiger partial charge >= 0.3 is 5.97 Å². The molecule has 0 spiro atoms. The van der Waals surface area contributed by atoms with Crippen LogP contribution >= 0.6 is 0 Å². The highest BCUT2D eigenvalue weighted by Crippen LogP contribution is 2.38. The van der Waals surface area contributed by atoms with Crippen LogP contribution in [0.2, 0.25) is 0 Å². The zero-order valence-electron chi connectivity index (χ0n) is 15.2. The number of likely N-dealkylation sites (tertiary alicyclic amines) is 1. The Morgan fingerprint density at radius 2 is 2.04 bits per heavy atom.